The Kier molecular flexibility index (Phi) is 2.97. The van der Waals surface area contributed by atoms with Crippen LogP contribution >= 0.6 is 0 Å². The van der Waals surface area contributed by atoms with Crippen molar-refractivity contribution in [3.8, 4) is 0 Å². The van der Waals surface area contributed by atoms with Crippen LogP contribution in [0.3, 0.4) is 0 Å². The van der Waals surface area contributed by atoms with E-state index in [0.717, 1.165) is 37.0 Å². The molecule has 2 N–H and O–H groups in total. The zero-order chi connectivity index (χ0) is 12.9. The van der Waals surface area contributed by atoms with Crippen molar-refractivity contribution in [1.82, 2.24) is 5.32 Å². The predicted octanol–water partition coefficient (Wildman–Crippen LogP) is 3.24. The van der Waals surface area contributed by atoms with Crippen LogP contribution in [-0.4, -0.2) is 22.8 Å². The lowest BCUT2D eigenvalue weighted by molar-refractivity contribution is -0.143. The average Bonchev–Trinajstić information content (AvgIpc) is 2.35. The van der Waals surface area contributed by atoms with Gasteiger partial charge in [0.15, 0.2) is 0 Å². The lowest BCUT2D eigenvalue weighted by Crippen LogP contribution is -2.65. The van der Waals surface area contributed by atoms with Crippen molar-refractivity contribution in [3.63, 3.8) is 0 Å². The van der Waals surface area contributed by atoms with Gasteiger partial charge in [-0.1, -0.05) is 19.3 Å². The van der Waals surface area contributed by atoms with Gasteiger partial charge in [-0.2, -0.15) is 0 Å². The summed E-state index contributed by atoms with van der Waals surface area (Å²) in [5, 5.41) is 14.7. The van der Waals surface area contributed by atoms with Crippen molar-refractivity contribution >= 4 is 0 Å². The van der Waals surface area contributed by atoms with Crippen molar-refractivity contribution < 1.29 is 5.11 Å². The smallest absolute Gasteiger partial charge is 0.0670 e. The van der Waals surface area contributed by atoms with E-state index in [-0.39, 0.29) is 5.60 Å². The molecule has 2 heteroatoms. The number of nitrogens with one attached hydrogen (secondary N) is 1. The van der Waals surface area contributed by atoms with E-state index >= 15 is 0 Å². The molecule has 108 valence electrons. The summed E-state index contributed by atoms with van der Waals surface area (Å²) in [6, 6.07) is 0. The minimum Gasteiger partial charge on any atom is -0.390 e. The van der Waals surface area contributed by atoms with Crippen LogP contribution in [0.25, 0.3) is 0 Å². The molecule has 0 heterocycles. The van der Waals surface area contributed by atoms with Crippen molar-refractivity contribution in [2.24, 2.45) is 17.8 Å². The second-order valence-electron chi connectivity index (χ2n) is 8.35. The fraction of sp³-hybridized carbons (Fsp3) is 1.00. The molecule has 0 aliphatic heterocycles. The Morgan fingerprint density at radius 1 is 0.947 bits per heavy atom. The van der Waals surface area contributed by atoms with Gasteiger partial charge in [-0.3, -0.25) is 0 Å². The van der Waals surface area contributed by atoms with Gasteiger partial charge in [0.1, 0.15) is 0 Å². The highest BCUT2D eigenvalue weighted by Crippen LogP contribution is 2.57. The van der Waals surface area contributed by atoms with Crippen LogP contribution in [0.4, 0.5) is 0 Å². The Bertz CT molecular complexity index is 333. The third-order valence-electron chi connectivity index (χ3n) is 6.52. The van der Waals surface area contributed by atoms with E-state index in [9.17, 15) is 5.11 Å². The molecule has 0 radical (unpaired) electrons. The maximum absolute atomic E-state index is 10.8. The Labute approximate surface area is 117 Å². The summed E-state index contributed by atoms with van der Waals surface area (Å²) in [5.74, 6) is 2.53. The maximum Gasteiger partial charge on any atom is 0.0670 e. The van der Waals surface area contributed by atoms with E-state index in [2.05, 4.69) is 5.32 Å². The van der Waals surface area contributed by atoms with E-state index in [1.54, 1.807) is 0 Å². The van der Waals surface area contributed by atoms with Crippen LogP contribution in [0.5, 0.6) is 0 Å². The second kappa shape index (κ2) is 4.46. The molecule has 0 spiro atoms. The Hall–Kier alpha value is -0.0800. The van der Waals surface area contributed by atoms with Crippen LogP contribution in [0, 0.1) is 17.8 Å². The van der Waals surface area contributed by atoms with E-state index in [4.69, 9.17) is 0 Å². The number of hydrogen-bond donors (Lipinski definition) is 2. The molecule has 19 heavy (non-hydrogen) atoms. The van der Waals surface area contributed by atoms with E-state index in [1.165, 1.54) is 57.9 Å². The predicted molar refractivity (Wildman–Crippen MR) is 76.9 cm³/mol. The molecule has 0 aromatic heterocycles. The minimum absolute atomic E-state index is 0.302. The fourth-order valence-electron chi connectivity index (χ4n) is 6.17. The van der Waals surface area contributed by atoms with E-state index in [1.807, 2.05) is 0 Å². The molecule has 0 amide bonds. The lowest BCUT2D eigenvalue weighted by Gasteiger charge is -2.60. The highest BCUT2D eigenvalue weighted by atomic mass is 16.3. The molecule has 0 saturated heterocycles. The van der Waals surface area contributed by atoms with Gasteiger partial charge < -0.3 is 10.4 Å². The van der Waals surface area contributed by atoms with Crippen LogP contribution in [0.15, 0.2) is 0 Å². The van der Waals surface area contributed by atoms with Gasteiger partial charge in [0.25, 0.3) is 0 Å². The highest BCUT2D eigenvalue weighted by molar-refractivity contribution is 5.12. The first-order chi connectivity index (χ1) is 9.15. The number of rotatable bonds is 3. The van der Waals surface area contributed by atoms with Gasteiger partial charge in [0.2, 0.25) is 0 Å². The van der Waals surface area contributed by atoms with Crippen molar-refractivity contribution in [3.05, 3.63) is 0 Å². The largest absolute Gasteiger partial charge is 0.390 e. The molecule has 4 bridgehead atoms. The van der Waals surface area contributed by atoms with Gasteiger partial charge in [0.05, 0.1) is 5.60 Å². The Morgan fingerprint density at radius 3 is 2.26 bits per heavy atom. The molecule has 2 nitrogen and oxygen atoms in total. The van der Waals surface area contributed by atoms with Gasteiger partial charge in [0, 0.05) is 5.54 Å². The normalized spacial score (nSPS) is 49.7. The summed E-state index contributed by atoms with van der Waals surface area (Å²) in [5.41, 5.74) is 0.0138. The SMILES string of the molecule is OC12C[C@H]3C[C@H](C1)CC(NCC1CCCCC1)(C3)C2. The molecule has 5 aliphatic carbocycles. The Balaban J connectivity index is 1.42. The third kappa shape index (κ3) is 2.35. The number of aliphatic hydroxyl groups is 1. The van der Waals surface area contributed by atoms with Crippen LogP contribution in [0.2, 0.25) is 0 Å². The van der Waals surface area contributed by atoms with Crippen molar-refractivity contribution in [2.45, 2.75) is 81.8 Å². The molecule has 0 unspecified atom stereocenters. The molecule has 5 rings (SSSR count). The first kappa shape index (κ1) is 12.6. The van der Waals surface area contributed by atoms with Crippen molar-refractivity contribution in [2.75, 3.05) is 6.54 Å². The molecular weight excluding hydrogens is 234 g/mol. The summed E-state index contributed by atoms with van der Waals surface area (Å²) < 4.78 is 0. The highest BCUT2D eigenvalue weighted by Gasteiger charge is 2.56. The maximum atomic E-state index is 10.8. The molecule has 0 aromatic rings. The first-order valence-electron chi connectivity index (χ1n) is 8.62. The van der Waals surface area contributed by atoms with Gasteiger partial charge >= 0.3 is 0 Å². The van der Waals surface area contributed by atoms with E-state index in [0.29, 0.717) is 5.54 Å². The molecule has 2 atom stereocenters. The van der Waals surface area contributed by atoms with E-state index < -0.39 is 0 Å². The fourth-order valence-corrected chi connectivity index (χ4v) is 6.17. The second-order valence-corrected chi connectivity index (χ2v) is 8.35. The monoisotopic (exact) mass is 263 g/mol. The molecule has 5 aliphatic rings. The molecule has 5 fully saturated rings. The molecule has 5 saturated carbocycles. The zero-order valence-electron chi connectivity index (χ0n) is 12.2. The quantitative estimate of drug-likeness (QED) is 0.819. The minimum atomic E-state index is -0.302. The Morgan fingerprint density at radius 2 is 1.63 bits per heavy atom. The zero-order valence-corrected chi connectivity index (χ0v) is 12.2. The third-order valence-corrected chi connectivity index (χ3v) is 6.52. The average molecular weight is 263 g/mol. The summed E-state index contributed by atoms with van der Waals surface area (Å²) in [7, 11) is 0. The topological polar surface area (TPSA) is 32.3 Å². The van der Waals surface area contributed by atoms with Crippen molar-refractivity contribution in [1.29, 1.82) is 0 Å². The summed E-state index contributed by atoms with van der Waals surface area (Å²) in [6.07, 6.45) is 14.5. The van der Waals surface area contributed by atoms with Crippen LogP contribution < -0.4 is 5.32 Å². The van der Waals surface area contributed by atoms with Gasteiger partial charge in [-0.15, -0.1) is 0 Å². The van der Waals surface area contributed by atoms with Crippen LogP contribution in [0.1, 0.15) is 70.6 Å². The summed E-state index contributed by atoms with van der Waals surface area (Å²) in [6.45, 7) is 1.22. The van der Waals surface area contributed by atoms with Gasteiger partial charge in [-0.05, 0) is 75.7 Å². The number of hydrogen-bond acceptors (Lipinski definition) is 2. The first-order valence-corrected chi connectivity index (χ1v) is 8.62. The molecule has 0 aromatic carbocycles. The van der Waals surface area contributed by atoms with Crippen LogP contribution in [-0.2, 0) is 0 Å². The lowest BCUT2D eigenvalue weighted by atomic mass is 9.51. The summed E-state index contributed by atoms with van der Waals surface area (Å²) in [4.78, 5) is 0. The summed E-state index contributed by atoms with van der Waals surface area (Å²) >= 11 is 0. The standard InChI is InChI=1S/C17H29NO/c19-17-9-14-6-15(10-17)8-16(7-14,12-17)18-11-13-4-2-1-3-5-13/h13-15,18-19H,1-12H2/t14-,15-,16?,17?/m0/s1. The molecular formula is C17H29NO. The van der Waals surface area contributed by atoms with Gasteiger partial charge in [-0.25, -0.2) is 0 Å².